The molecule has 1 saturated carbocycles. The summed E-state index contributed by atoms with van der Waals surface area (Å²) in [6.07, 6.45) is 5.17. The standard InChI is InChI=1S/C11H9BrN2O/c12-9-4-10-11(3-7(9)5-15)14(6-13-10)8-1-2-8/h3-6,8H,1-2H2. The third kappa shape index (κ3) is 1.40. The van der Waals surface area contributed by atoms with Crippen LogP contribution in [0.5, 0.6) is 0 Å². The predicted molar refractivity (Wildman–Crippen MR) is 61.1 cm³/mol. The van der Waals surface area contributed by atoms with E-state index in [0.29, 0.717) is 11.6 Å². The Morgan fingerprint density at radius 2 is 2.27 bits per heavy atom. The van der Waals surface area contributed by atoms with E-state index in [9.17, 15) is 4.79 Å². The molecule has 1 aliphatic carbocycles. The second-order valence-corrected chi connectivity index (χ2v) is 4.72. The molecule has 4 heteroatoms. The van der Waals surface area contributed by atoms with Gasteiger partial charge in [0.25, 0.3) is 0 Å². The Kier molecular flexibility index (Phi) is 1.92. The monoisotopic (exact) mass is 264 g/mol. The van der Waals surface area contributed by atoms with Crippen LogP contribution >= 0.6 is 15.9 Å². The largest absolute Gasteiger partial charge is 0.327 e. The minimum absolute atomic E-state index is 0.593. The van der Waals surface area contributed by atoms with E-state index < -0.39 is 0 Å². The highest BCUT2D eigenvalue weighted by molar-refractivity contribution is 9.10. The lowest BCUT2D eigenvalue weighted by atomic mass is 10.2. The fourth-order valence-electron chi connectivity index (χ4n) is 1.80. The summed E-state index contributed by atoms with van der Waals surface area (Å²) in [4.78, 5) is 15.2. The molecule has 3 rings (SSSR count). The van der Waals surface area contributed by atoms with E-state index in [2.05, 4.69) is 25.5 Å². The van der Waals surface area contributed by atoms with Gasteiger partial charge in [0.05, 0.1) is 17.4 Å². The highest BCUT2D eigenvalue weighted by Crippen LogP contribution is 2.37. The number of rotatable bonds is 2. The predicted octanol–water partition coefficient (Wildman–Crippen LogP) is 2.95. The fraction of sp³-hybridized carbons (Fsp3) is 0.273. The van der Waals surface area contributed by atoms with Gasteiger partial charge in [0.2, 0.25) is 0 Å². The van der Waals surface area contributed by atoms with Crippen molar-refractivity contribution in [2.75, 3.05) is 0 Å². The molecular formula is C11H9BrN2O. The number of imidazole rings is 1. The molecule has 0 spiro atoms. The highest BCUT2D eigenvalue weighted by atomic mass is 79.9. The molecule has 2 aromatic rings. The number of fused-ring (bicyclic) bond motifs is 1. The van der Waals surface area contributed by atoms with Gasteiger partial charge >= 0.3 is 0 Å². The number of halogens is 1. The summed E-state index contributed by atoms with van der Waals surface area (Å²) in [5.41, 5.74) is 2.69. The lowest BCUT2D eigenvalue weighted by Crippen LogP contribution is -1.92. The molecular weight excluding hydrogens is 256 g/mol. The second kappa shape index (κ2) is 3.17. The van der Waals surface area contributed by atoms with Gasteiger partial charge in [-0.25, -0.2) is 4.98 Å². The molecule has 76 valence electrons. The van der Waals surface area contributed by atoms with Crippen molar-refractivity contribution in [2.45, 2.75) is 18.9 Å². The van der Waals surface area contributed by atoms with E-state index in [0.717, 1.165) is 21.8 Å². The van der Waals surface area contributed by atoms with Crippen molar-refractivity contribution in [2.24, 2.45) is 0 Å². The number of aromatic nitrogens is 2. The summed E-state index contributed by atoms with van der Waals surface area (Å²) >= 11 is 3.36. The van der Waals surface area contributed by atoms with Gasteiger partial charge in [0.1, 0.15) is 0 Å². The van der Waals surface area contributed by atoms with Gasteiger partial charge in [0.15, 0.2) is 6.29 Å². The van der Waals surface area contributed by atoms with Crippen LogP contribution < -0.4 is 0 Å². The van der Waals surface area contributed by atoms with Crippen LogP contribution in [0.1, 0.15) is 29.2 Å². The van der Waals surface area contributed by atoms with Crippen LogP contribution in [0.3, 0.4) is 0 Å². The van der Waals surface area contributed by atoms with Crippen LogP contribution in [-0.2, 0) is 0 Å². The molecule has 0 radical (unpaired) electrons. The van der Waals surface area contributed by atoms with Crippen molar-refractivity contribution >= 4 is 33.2 Å². The van der Waals surface area contributed by atoms with E-state index >= 15 is 0 Å². The molecule has 1 aliphatic rings. The highest BCUT2D eigenvalue weighted by Gasteiger charge is 2.25. The first-order valence-electron chi connectivity index (χ1n) is 4.91. The van der Waals surface area contributed by atoms with Crippen LogP contribution in [0.2, 0.25) is 0 Å². The van der Waals surface area contributed by atoms with Crippen LogP contribution in [0.25, 0.3) is 11.0 Å². The average Bonchev–Trinajstić information content (AvgIpc) is 2.99. The molecule has 0 amide bonds. The van der Waals surface area contributed by atoms with E-state index in [1.54, 1.807) is 0 Å². The number of benzene rings is 1. The smallest absolute Gasteiger partial charge is 0.151 e. The number of aldehydes is 1. The summed E-state index contributed by atoms with van der Waals surface area (Å²) < 4.78 is 2.97. The van der Waals surface area contributed by atoms with E-state index in [-0.39, 0.29) is 0 Å². The van der Waals surface area contributed by atoms with E-state index in [1.165, 1.54) is 12.8 Å². The molecule has 1 fully saturated rings. The number of carbonyl (C=O) groups is 1. The molecule has 0 N–H and O–H groups in total. The van der Waals surface area contributed by atoms with Crippen LogP contribution in [0.15, 0.2) is 22.9 Å². The Morgan fingerprint density at radius 3 is 2.93 bits per heavy atom. The third-order valence-corrected chi connectivity index (χ3v) is 3.45. The quantitative estimate of drug-likeness (QED) is 0.782. The van der Waals surface area contributed by atoms with Gasteiger partial charge in [-0.2, -0.15) is 0 Å². The summed E-state index contributed by atoms with van der Waals surface area (Å²) in [6, 6.07) is 4.39. The molecule has 0 saturated heterocycles. The number of nitrogens with zero attached hydrogens (tertiary/aromatic N) is 2. The minimum Gasteiger partial charge on any atom is -0.327 e. The van der Waals surface area contributed by atoms with Crippen molar-refractivity contribution in [1.82, 2.24) is 9.55 Å². The molecule has 1 heterocycles. The van der Waals surface area contributed by atoms with Gasteiger partial charge in [-0.1, -0.05) is 0 Å². The van der Waals surface area contributed by atoms with Gasteiger partial charge in [-0.15, -0.1) is 0 Å². The Balaban J connectivity index is 2.28. The molecule has 3 nitrogen and oxygen atoms in total. The maximum Gasteiger partial charge on any atom is 0.151 e. The summed E-state index contributed by atoms with van der Waals surface area (Å²) in [5.74, 6) is 0. The lowest BCUT2D eigenvalue weighted by molar-refractivity contribution is 0.112. The van der Waals surface area contributed by atoms with Crippen molar-refractivity contribution in [3.8, 4) is 0 Å². The van der Waals surface area contributed by atoms with Crippen LogP contribution in [0, 0.1) is 0 Å². The molecule has 0 unspecified atom stereocenters. The SMILES string of the molecule is O=Cc1cc2c(cc1Br)ncn2C1CC1. The Labute approximate surface area is 95.2 Å². The average molecular weight is 265 g/mol. The lowest BCUT2D eigenvalue weighted by Gasteiger charge is -2.02. The summed E-state index contributed by atoms with van der Waals surface area (Å²) in [6.45, 7) is 0. The Bertz CT molecular complexity index is 543. The van der Waals surface area contributed by atoms with E-state index in [1.807, 2.05) is 18.5 Å². The minimum atomic E-state index is 0.593. The van der Waals surface area contributed by atoms with Gasteiger partial charge < -0.3 is 4.57 Å². The number of hydrogen-bond acceptors (Lipinski definition) is 2. The zero-order valence-electron chi connectivity index (χ0n) is 7.98. The summed E-state index contributed by atoms with van der Waals surface area (Å²) in [7, 11) is 0. The van der Waals surface area contributed by atoms with E-state index in [4.69, 9.17) is 0 Å². The normalized spacial score (nSPS) is 15.8. The van der Waals surface area contributed by atoms with Crippen molar-refractivity contribution in [3.63, 3.8) is 0 Å². The topological polar surface area (TPSA) is 34.9 Å². The molecule has 0 bridgehead atoms. The van der Waals surface area contributed by atoms with Gasteiger partial charge in [-0.3, -0.25) is 4.79 Å². The Morgan fingerprint density at radius 1 is 1.47 bits per heavy atom. The molecule has 1 aromatic carbocycles. The van der Waals surface area contributed by atoms with Gasteiger partial charge in [-0.05, 0) is 40.9 Å². The number of hydrogen-bond donors (Lipinski definition) is 0. The molecule has 0 aliphatic heterocycles. The first-order valence-corrected chi connectivity index (χ1v) is 5.70. The van der Waals surface area contributed by atoms with Crippen molar-refractivity contribution < 1.29 is 4.79 Å². The van der Waals surface area contributed by atoms with Crippen molar-refractivity contribution in [1.29, 1.82) is 0 Å². The van der Waals surface area contributed by atoms with Crippen LogP contribution in [0.4, 0.5) is 0 Å². The first kappa shape index (κ1) is 9.09. The molecule has 0 atom stereocenters. The zero-order chi connectivity index (χ0) is 10.4. The third-order valence-electron chi connectivity index (χ3n) is 2.76. The number of carbonyl (C=O) groups excluding carboxylic acids is 1. The maximum atomic E-state index is 10.8. The Hall–Kier alpha value is -1.16. The van der Waals surface area contributed by atoms with Crippen molar-refractivity contribution in [3.05, 3.63) is 28.5 Å². The molecule has 1 aromatic heterocycles. The fourth-order valence-corrected chi connectivity index (χ4v) is 2.22. The maximum absolute atomic E-state index is 10.8. The second-order valence-electron chi connectivity index (χ2n) is 3.86. The zero-order valence-corrected chi connectivity index (χ0v) is 9.57. The summed E-state index contributed by atoms with van der Waals surface area (Å²) in [5, 5.41) is 0. The van der Waals surface area contributed by atoms with Gasteiger partial charge in [0, 0.05) is 16.1 Å². The molecule has 15 heavy (non-hydrogen) atoms. The first-order chi connectivity index (χ1) is 7.29. The van der Waals surface area contributed by atoms with Crippen LogP contribution in [-0.4, -0.2) is 15.8 Å².